The van der Waals surface area contributed by atoms with Crippen molar-refractivity contribution in [1.29, 1.82) is 0 Å². The van der Waals surface area contributed by atoms with Gasteiger partial charge in [-0.15, -0.1) is 10.2 Å². The van der Waals surface area contributed by atoms with Crippen LogP contribution in [0.15, 0.2) is 8.68 Å². The van der Waals surface area contributed by atoms with Gasteiger partial charge in [0.05, 0.1) is 10.5 Å². The summed E-state index contributed by atoms with van der Waals surface area (Å²) in [4.78, 5) is 23.7. The molecule has 0 aliphatic carbocycles. The second-order valence-corrected chi connectivity index (χ2v) is 9.09. The van der Waals surface area contributed by atoms with Crippen molar-refractivity contribution in [1.82, 2.24) is 20.8 Å². The van der Waals surface area contributed by atoms with E-state index >= 15 is 0 Å². The standard InChI is InChI=1S/C14H24N4O2S3/c1-5-7-15-11(19)9(3)21-13-17-18-14(23-13)22-10(4)12(20)16-8-6-2/h9-10H,5-8H2,1-4H3,(H,15,19)(H,16,20)/t9-,10-/m1/s1. The maximum atomic E-state index is 11.8. The number of rotatable bonds is 10. The minimum Gasteiger partial charge on any atom is -0.355 e. The predicted molar refractivity (Wildman–Crippen MR) is 97.1 cm³/mol. The highest BCUT2D eigenvalue weighted by Gasteiger charge is 2.19. The van der Waals surface area contributed by atoms with Gasteiger partial charge in [0.15, 0.2) is 8.68 Å². The molecule has 2 amide bonds. The van der Waals surface area contributed by atoms with Crippen LogP contribution in [0, 0.1) is 0 Å². The van der Waals surface area contributed by atoms with E-state index < -0.39 is 0 Å². The van der Waals surface area contributed by atoms with Gasteiger partial charge in [0.2, 0.25) is 11.8 Å². The van der Waals surface area contributed by atoms with Gasteiger partial charge in [-0.2, -0.15) is 0 Å². The lowest BCUT2D eigenvalue weighted by atomic mass is 10.4. The van der Waals surface area contributed by atoms with E-state index in [1.807, 2.05) is 27.7 Å². The first-order valence-corrected chi connectivity index (χ1v) is 10.3. The van der Waals surface area contributed by atoms with Gasteiger partial charge >= 0.3 is 0 Å². The van der Waals surface area contributed by atoms with Crippen molar-refractivity contribution in [2.45, 2.75) is 59.7 Å². The summed E-state index contributed by atoms with van der Waals surface area (Å²) < 4.78 is 1.49. The molecule has 23 heavy (non-hydrogen) atoms. The maximum absolute atomic E-state index is 11.8. The Balaban J connectivity index is 2.48. The zero-order valence-corrected chi connectivity index (χ0v) is 16.4. The number of hydrogen-bond donors (Lipinski definition) is 2. The lowest BCUT2D eigenvalue weighted by Crippen LogP contribution is -2.31. The summed E-state index contributed by atoms with van der Waals surface area (Å²) in [5.74, 6) is 0.0159. The molecule has 0 fully saturated rings. The number of amides is 2. The Morgan fingerprint density at radius 1 is 0.957 bits per heavy atom. The second-order valence-electron chi connectivity index (χ2n) is 4.94. The van der Waals surface area contributed by atoms with Crippen LogP contribution in [0.4, 0.5) is 0 Å². The van der Waals surface area contributed by atoms with E-state index in [0.29, 0.717) is 13.1 Å². The van der Waals surface area contributed by atoms with E-state index in [2.05, 4.69) is 20.8 Å². The van der Waals surface area contributed by atoms with Gasteiger partial charge in [0.25, 0.3) is 0 Å². The van der Waals surface area contributed by atoms with Gasteiger partial charge in [0, 0.05) is 13.1 Å². The molecule has 9 heteroatoms. The molecule has 0 radical (unpaired) electrons. The molecule has 1 aromatic rings. The molecule has 0 saturated heterocycles. The van der Waals surface area contributed by atoms with Crippen LogP contribution in [0.1, 0.15) is 40.5 Å². The zero-order valence-electron chi connectivity index (χ0n) is 13.9. The van der Waals surface area contributed by atoms with E-state index in [-0.39, 0.29) is 22.3 Å². The summed E-state index contributed by atoms with van der Waals surface area (Å²) in [6.07, 6.45) is 1.83. The molecule has 1 rings (SSSR count). The van der Waals surface area contributed by atoms with Gasteiger partial charge in [-0.3, -0.25) is 9.59 Å². The molecule has 0 aromatic carbocycles. The molecule has 2 N–H and O–H groups in total. The third-order valence-corrected chi connectivity index (χ3v) is 6.07. The topological polar surface area (TPSA) is 84.0 Å². The Kier molecular flexibility index (Phi) is 9.57. The van der Waals surface area contributed by atoms with Gasteiger partial charge in [-0.1, -0.05) is 48.7 Å². The largest absolute Gasteiger partial charge is 0.355 e. The third kappa shape index (κ3) is 7.54. The first-order chi connectivity index (χ1) is 11.0. The Hall–Kier alpha value is -0.800. The number of aromatic nitrogens is 2. The molecule has 2 atom stereocenters. The molecule has 0 saturated carbocycles. The van der Waals surface area contributed by atoms with Crippen LogP contribution in [0.2, 0.25) is 0 Å². The number of nitrogens with one attached hydrogen (secondary N) is 2. The van der Waals surface area contributed by atoms with Crippen molar-refractivity contribution in [3.05, 3.63) is 0 Å². The molecule has 0 aliphatic heterocycles. The minimum absolute atomic E-state index is 0.00793. The molecule has 0 bridgehead atoms. The number of carbonyl (C=O) groups is 2. The van der Waals surface area contributed by atoms with Crippen LogP contribution in [0.25, 0.3) is 0 Å². The van der Waals surface area contributed by atoms with Crippen molar-refractivity contribution in [3.63, 3.8) is 0 Å². The Bertz CT molecular complexity index is 467. The highest BCUT2D eigenvalue weighted by Crippen LogP contribution is 2.33. The number of nitrogens with zero attached hydrogens (tertiary/aromatic N) is 2. The molecule has 0 aliphatic rings. The molecule has 1 aromatic heterocycles. The SMILES string of the molecule is CCCNC(=O)[C@@H](C)Sc1nnc(S[C@H](C)C(=O)NCCC)s1. The Morgan fingerprint density at radius 2 is 1.35 bits per heavy atom. The highest BCUT2D eigenvalue weighted by atomic mass is 32.2. The van der Waals surface area contributed by atoms with Gasteiger partial charge in [-0.25, -0.2) is 0 Å². The van der Waals surface area contributed by atoms with Crippen LogP contribution in [-0.2, 0) is 9.59 Å². The normalized spacial score (nSPS) is 13.4. The fourth-order valence-corrected chi connectivity index (χ4v) is 4.84. The van der Waals surface area contributed by atoms with Crippen molar-refractivity contribution >= 4 is 46.7 Å². The summed E-state index contributed by atoms with van der Waals surface area (Å²) in [5, 5.41) is 13.5. The fraction of sp³-hybridized carbons (Fsp3) is 0.714. The quantitative estimate of drug-likeness (QED) is 0.611. The summed E-state index contributed by atoms with van der Waals surface area (Å²) in [5.41, 5.74) is 0. The van der Waals surface area contributed by atoms with Crippen LogP contribution in [0.5, 0.6) is 0 Å². The van der Waals surface area contributed by atoms with Crippen molar-refractivity contribution in [2.75, 3.05) is 13.1 Å². The highest BCUT2D eigenvalue weighted by molar-refractivity contribution is 8.04. The summed E-state index contributed by atoms with van der Waals surface area (Å²) in [6.45, 7) is 9.11. The van der Waals surface area contributed by atoms with Gasteiger partial charge < -0.3 is 10.6 Å². The average molecular weight is 377 g/mol. The first kappa shape index (κ1) is 20.2. The summed E-state index contributed by atoms with van der Waals surface area (Å²) in [6, 6.07) is 0. The summed E-state index contributed by atoms with van der Waals surface area (Å²) >= 11 is 4.20. The minimum atomic E-state index is -0.211. The van der Waals surface area contributed by atoms with Crippen LogP contribution < -0.4 is 10.6 Å². The van der Waals surface area contributed by atoms with E-state index in [1.54, 1.807) is 0 Å². The molecule has 130 valence electrons. The third-order valence-electron chi connectivity index (χ3n) is 2.78. The number of carbonyl (C=O) groups excluding carboxylic acids is 2. The lowest BCUT2D eigenvalue weighted by Gasteiger charge is -2.09. The lowest BCUT2D eigenvalue weighted by molar-refractivity contribution is -0.121. The molecule has 0 unspecified atom stereocenters. The Labute approximate surface area is 150 Å². The maximum Gasteiger partial charge on any atom is 0.233 e. The summed E-state index contributed by atoms with van der Waals surface area (Å²) in [7, 11) is 0. The van der Waals surface area contributed by atoms with Gasteiger partial charge in [-0.05, 0) is 26.7 Å². The van der Waals surface area contributed by atoms with E-state index in [0.717, 1.165) is 21.5 Å². The first-order valence-electron chi connectivity index (χ1n) is 7.70. The molecule has 1 heterocycles. The molecular formula is C14H24N4O2S3. The monoisotopic (exact) mass is 376 g/mol. The Morgan fingerprint density at radius 3 is 1.70 bits per heavy atom. The fourth-order valence-electron chi connectivity index (χ4n) is 1.49. The number of hydrogen-bond acceptors (Lipinski definition) is 7. The average Bonchev–Trinajstić information content (AvgIpc) is 2.96. The smallest absolute Gasteiger partial charge is 0.233 e. The molecule has 0 spiro atoms. The second kappa shape index (κ2) is 10.9. The van der Waals surface area contributed by atoms with Crippen molar-refractivity contribution in [2.24, 2.45) is 0 Å². The van der Waals surface area contributed by atoms with Crippen molar-refractivity contribution < 1.29 is 9.59 Å². The van der Waals surface area contributed by atoms with Crippen LogP contribution in [-0.4, -0.2) is 45.6 Å². The van der Waals surface area contributed by atoms with Gasteiger partial charge in [0.1, 0.15) is 0 Å². The zero-order chi connectivity index (χ0) is 17.2. The molecule has 6 nitrogen and oxygen atoms in total. The predicted octanol–water partition coefficient (Wildman–Crippen LogP) is 2.55. The van der Waals surface area contributed by atoms with E-state index in [9.17, 15) is 9.59 Å². The van der Waals surface area contributed by atoms with Crippen LogP contribution >= 0.6 is 34.9 Å². The molecular weight excluding hydrogens is 352 g/mol. The van der Waals surface area contributed by atoms with Crippen LogP contribution in [0.3, 0.4) is 0 Å². The van der Waals surface area contributed by atoms with E-state index in [4.69, 9.17) is 0 Å². The van der Waals surface area contributed by atoms with E-state index in [1.165, 1.54) is 34.9 Å². The number of thioether (sulfide) groups is 2. The van der Waals surface area contributed by atoms with Crippen molar-refractivity contribution in [3.8, 4) is 0 Å².